The smallest absolute Gasteiger partial charge is 0.322 e. The van der Waals surface area contributed by atoms with Crippen molar-refractivity contribution in [3.8, 4) is 0 Å². The highest BCUT2D eigenvalue weighted by molar-refractivity contribution is 5.85. The SMILES string of the molecule is Cc1ccccc1C1CCCN1CC(=O)NCC(=O)O.Cl. The first kappa shape index (κ1) is 17.5. The largest absolute Gasteiger partial charge is 0.480 e. The number of hydrogen-bond acceptors (Lipinski definition) is 3. The van der Waals surface area contributed by atoms with Crippen molar-refractivity contribution in [1.29, 1.82) is 0 Å². The molecule has 0 radical (unpaired) electrons. The summed E-state index contributed by atoms with van der Waals surface area (Å²) in [6, 6.07) is 8.47. The molecular weight excluding hydrogens is 292 g/mol. The zero-order valence-corrected chi connectivity index (χ0v) is 12.9. The number of carbonyl (C=O) groups is 2. The summed E-state index contributed by atoms with van der Waals surface area (Å²) in [5.41, 5.74) is 2.49. The van der Waals surface area contributed by atoms with Crippen LogP contribution in [0.1, 0.15) is 30.0 Å². The minimum absolute atomic E-state index is 0. The van der Waals surface area contributed by atoms with E-state index in [1.165, 1.54) is 11.1 Å². The van der Waals surface area contributed by atoms with E-state index in [0.29, 0.717) is 0 Å². The van der Waals surface area contributed by atoms with Gasteiger partial charge in [-0.2, -0.15) is 0 Å². The maximum atomic E-state index is 11.7. The lowest BCUT2D eigenvalue weighted by Crippen LogP contribution is -2.39. The Morgan fingerprint density at radius 3 is 2.76 bits per heavy atom. The number of benzene rings is 1. The number of aliphatic carboxylic acids is 1. The van der Waals surface area contributed by atoms with Crippen LogP contribution in [0.5, 0.6) is 0 Å². The van der Waals surface area contributed by atoms with Crippen molar-refractivity contribution in [2.75, 3.05) is 19.6 Å². The molecule has 1 saturated heterocycles. The highest BCUT2D eigenvalue weighted by Gasteiger charge is 2.28. The first-order valence-corrected chi connectivity index (χ1v) is 6.86. The molecule has 2 rings (SSSR count). The molecule has 2 N–H and O–H groups in total. The molecule has 1 aliphatic heterocycles. The number of rotatable bonds is 5. The Labute approximate surface area is 130 Å². The van der Waals surface area contributed by atoms with Crippen molar-refractivity contribution >= 4 is 24.3 Å². The zero-order valence-electron chi connectivity index (χ0n) is 12.0. The third kappa shape index (κ3) is 4.72. The molecule has 5 nitrogen and oxygen atoms in total. The van der Waals surface area contributed by atoms with Gasteiger partial charge >= 0.3 is 5.97 Å². The normalized spacial score (nSPS) is 18.0. The second-order valence-electron chi connectivity index (χ2n) is 5.16. The van der Waals surface area contributed by atoms with Crippen LogP contribution in [-0.2, 0) is 9.59 Å². The van der Waals surface area contributed by atoms with Gasteiger partial charge in [0.15, 0.2) is 0 Å². The van der Waals surface area contributed by atoms with Gasteiger partial charge in [-0.05, 0) is 37.4 Å². The molecule has 1 unspecified atom stereocenters. The van der Waals surface area contributed by atoms with Gasteiger partial charge in [0, 0.05) is 6.04 Å². The van der Waals surface area contributed by atoms with Gasteiger partial charge < -0.3 is 10.4 Å². The van der Waals surface area contributed by atoms with E-state index in [1.807, 2.05) is 12.1 Å². The topological polar surface area (TPSA) is 69.6 Å². The number of carboxylic acid groups (broad SMARTS) is 1. The molecule has 1 aromatic rings. The van der Waals surface area contributed by atoms with E-state index in [1.54, 1.807) is 0 Å². The molecule has 1 fully saturated rings. The summed E-state index contributed by atoms with van der Waals surface area (Å²) >= 11 is 0. The van der Waals surface area contributed by atoms with Crippen molar-refractivity contribution in [3.05, 3.63) is 35.4 Å². The Kier molecular flexibility index (Phi) is 6.65. The van der Waals surface area contributed by atoms with E-state index in [-0.39, 0.29) is 37.4 Å². The molecular formula is C15H21ClN2O3. The molecule has 1 atom stereocenters. The molecule has 0 bridgehead atoms. The average molecular weight is 313 g/mol. The molecule has 21 heavy (non-hydrogen) atoms. The van der Waals surface area contributed by atoms with Gasteiger partial charge in [0.2, 0.25) is 5.91 Å². The van der Waals surface area contributed by atoms with Crippen molar-refractivity contribution in [2.24, 2.45) is 0 Å². The predicted molar refractivity (Wildman–Crippen MR) is 82.6 cm³/mol. The Hall–Kier alpha value is -1.59. The summed E-state index contributed by atoms with van der Waals surface area (Å²) in [5, 5.41) is 11.0. The lowest BCUT2D eigenvalue weighted by Gasteiger charge is -2.25. The summed E-state index contributed by atoms with van der Waals surface area (Å²) in [4.78, 5) is 24.3. The van der Waals surface area contributed by atoms with Crippen molar-refractivity contribution < 1.29 is 14.7 Å². The van der Waals surface area contributed by atoms with Gasteiger partial charge in [-0.25, -0.2) is 0 Å². The lowest BCUT2D eigenvalue weighted by molar-refractivity contribution is -0.138. The molecule has 0 aromatic heterocycles. The predicted octanol–water partition coefficient (Wildman–Crippen LogP) is 1.75. The van der Waals surface area contributed by atoms with E-state index in [4.69, 9.17) is 5.11 Å². The number of likely N-dealkylation sites (tertiary alicyclic amines) is 1. The summed E-state index contributed by atoms with van der Waals surface area (Å²) in [7, 11) is 0. The van der Waals surface area contributed by atoms with Crippen LogP contribution in [0.4, 0.5) is 0 Å². The first-order chi connectivity index (χ1) is 9.58. The van der Waals surface area contributed by atoms with Crippen molar-refractivity contribution in [2.45, 2.75) is 25.8 Å². The number of aryl methyl sites for hydroxylation is 1. The molecule has 116 valence electrons. The number of carboxylic acids is 1. The van der Waals surface area contributed by atoms with Crippen LogP contribution in [0, 0.1) is 6.92 Å². The fraction of sp³-hybridized carbons (Fsp3) is 0.467. The van der Waals surface area contributed by atoms with Crippen LogP contribution < -0.4 is 5.32 Å². The Bertz CT molecular complexity index is 507. The molecule has 1 aromatic carbocycles. The first-order valence-electron chi connectivity index (χ1n) is 6.86. The van der Waals surface area contributed by atoms with Gasteiger partial charge in [-0.15, -0.1) is 12.4 Å². The quantitative estimate of drug-likeness (QED) is 0.869. The summed E-state index contributed by atoms with van der Waals surface area (Å²) in [6.45, 7) is 2.89. The molecule has 0 aliphatic carbocycles. The van der Waals surface area contributed by atoms with Gasteiger partial charge in [0.1, 0.15) is 6.54 Å². The maximum absolute atomic E-state index is 11.7. The number of nitrogens with one attached hydrogen (secondary N) is 1. The zero-order chi connectivity index (χ0) is 14.5. The highest BCUT2D eigenvalue weighted by Crippen LogP contribution is 2.33. The van der Waals surface area contributed by atoms with Crippen LogP contribution in [0.2, 0.25) is 0 Å². The Balaban J connectivity index is 0.00000220. The second kappa shape index (κ2) is 8.00. The van der Waals surface area contributed by atoms with E-state index in [0.717, 1.165) is 19.4 Å². The van der Waals surface area contributed by atoms with E-state index < -0.39 is 5.97 Å². The lowest BCUT2D eigenvalue weighted by atomic mass is 9.99. The highest BCUT2D eigenvalue weighted by atomic mass is 35.5. The summed E-state index contributed by atoms with van der Waals surface area (Å²) in [5.74, 6) is -1.25. The summed E-state index contributed by atoms with van der Waals surface area (Å²) < 4.78 is 0. The van der Waals surface area contributed by atoms with Crippen molar-refractivity contribution in [3.63, 3.8) is 0 Å². The van der Waals surface area contributed by atoms with Crippen LogP contribution in [0.3, 0.4) is 0 Å². The molecule has 0 spiro atoms. The van der Waals surface area contributed by atoms with Crippen LogP contribution in [-0.4, -0.2) is 41.5 Å². The standard InChI is InChI=1S/C15H20N2O3.ClH/c1-11-5-2-3-6-12(11)13-7-4-8-17(13)10-14(18)16-9-15(19)20;/h2-3,5-6,13H,4,7-10H2,1H3,(H,16,18)(H,19,20);1H. The Morgan fingerprint density at radius 2 is 2.10 bits per heavy atom. The molecule has 0 saturated carbocycles. The van der Waals surface area contributed by atoms with Gasteiger partial charge in [0.25, 0.3) is 0 Å². The monoisotopic (exact) mass is 312 g/mol. The van der Waals surface area contributed by atoms with Gasteiger partial charge in [-0.3, -0.25) is 14.5 Å². The van der Waals surface area contributed by atoms with Crippen LogP contribution >= 0.6 is 12.4 Å². The molecule has 1 heterocycles. The fourth-order valence-electron chi connectivity index (χ4n) is 2.74. The minimum atomic E-state index is -1.02. The number of amides is 1. The van der Waals surface area contributed by atoms with Crippen molar-refractivity contribution in [1.82, 2.24) is 10.2 Å². The number of carbonyl (C=O) groups excluding carboxylic acids is 1. The number of nitrogens with zero attached hydrogens (tertiary/aromatic N) is 1. The van der Waals surface area contributed by atoms with Gasteiger partial charge in [-0.1, -0.05) is 24.3 Å². The van der Waals surface area contributed by atoms with Crippen LogP contribution in [0.15, 0.2) is 24.3 Å². The number of halogens is 1. The third-order valence-electron chi connectivity index (χ3n) is 3.69. The van der Waals surface area contributed by atoms with Gasteiger partial charge in [0.05, 0.1) is 6.54 Å². The van der Waals surface area contributed by atoms with E-state index in [9.17, 15) is 9.59 Å². The Morgan fingerprint density at radius 1 is 1.38 bits per heavy atom. The molecule has 1 aliphatic rings. The second-order valence-corrected chi connectivity index (χ2v) is 5.16. The third-order valence-corrected chi connectivity index (χ3v) is 3.69. The fourth-order valence-corrected chi connectivity index (χ4v) is 2.74. The van der Waals surface area contributed by atoms with E-state index in [2.05, 4.69) is 29.3 Å². The molecule has 6 heteroatoms. The average Bonchev–Trinajstić information content (AvgIpc) is 2.85. The minimum Gasteiger partial charge on any atom is -0.480 e. The molecule has 1 amide bonds. The number of hydrogen-bond donors (Lipinski definition) is 2. The summed E-state index contributed by atoms with van der Waals surface area (Å²) in [6.07, 6.45) is 2.10. The van der Waals surface area contributed by atoms with Crippen LogP contribution in [0.25, 0.3) is 0 Å². The maximum Gasteiger partial charge on any atom is 0.322 e. The van der Waals surface area contributed by atoms with E-state index >= 15 is 0 Å².